The van der Waals surface area contributed by atoms with Crippen LogP contribution in [0.4, 0.5) is 0 Å². The van der Waals surface area contributed by atoms with E-state index in [-0.39, 0.29) is 0 Å². The molecule has 4 aromatic rings. The Kier molecular flexibility index (Phi) is 4.93. The lowest BCUT2D eigenvalue weighted by atomic mass is 9.97. The van der Waals surface area contributed by atoms with Crippen LogP contribution in [-0.4, -0.2) is 7.11 Å². The van der Waals surface area contributed by atoms with Gasteiger partial charge in [0.2, 0.25) is 0 Å². The van der Waals surface area contributed by atoms with Crippen LogP contribution < -0.4 is 4.74 Å². The lowest BCUT2D eigenvalue weighted by molar-refractivity contribution is 0.415. The summed E-state index contributed by atoms with van der Waals surface area (Å²) in [5, 5.41) is 2.62. The Morgan fingerprint density at radius 1 is 0.593 bits per heavy atom. The number of ether oxygens (including phenoxy) is 1. The average Bonchev–Trinajstić information content (AvgIpc) is 2.74. The Morgan fingerprint density at radius 3 is 1.74 bits per heavy atom. The molecule has 0 N–H and O–H groups in total. The third kappa shape index (κ3) is 3.73. The lowest BCUT2D eigenvalue weighted by Crippen LogP contribution is -1.85. The molecule has 0 fully saturated rings. The number of hydrogen-bond donors (Lipinski definition) is 0. The summed E-state index contributed by atoms with van der Waals surface area (Å²) in [6.45, 7) is 2.23. The first-order valence-electron chi connectivity index (χ1n) is 9.54. The van der Waals surface area contributed by atoms with Crippen LogP contribution in [0.1, 0.15) is 18.9 Å². The predicted octanol–water partition coefficient (Wildman–Crippen LogP) is 7.13. The summed E-state index contributed by atoms with van der Waals surface area (Å²) < 4.78 is 5.24. The van der Waals surface area contributed by atoms with Crippen LogP contribution in [0.25, 0.3) is 33.0 Å². The molecule has 0 aliphatic carbocycles. The number of hydrogen-bond acceptors (Lipinski definition) is 1. The van der Waals surface area contributed by atoms with Crippen LogP contribution >= 0.6 is 0 Å². The van der Waals surface area contributed by atoms with E-state index in [1.165, 1.54) is 45.0 Å². The van der Waals surface area contributed by atoms with Gasteiger partial charge in [0, 0.05) is 0 Å². The molecule has 4 rings (SSSR count). The standard InChI is InChI=1S/C26H24O/c1-3-4-19-5-6-25-18-24(12-11-23(25)17-19)22-9-7-20(8-10-22)21-13-15-26(27-2)16-14-21/h5-18H,3-4H2,1-2H3. The summed E-state index contributed by atoms with van der Waals surface area (Å²) in [7, 11) is 1.69. The summed E-state index contributed by atoms with van der Waals surface area (Å²) in [4.78, 5) is 0. The van der Waals surface area contributed by atoms with E-state index < -0.39 is 0 Å². The molecule has 0 spiro atoms. The third-order valence-electron chi connectivity index (χ3n) is 5.08. The number of methoxy groups -OCH3 is 1. The van der Waals surface area contributed by atoms with E-state index in [9.17, 15) is 0 Å². The van der Waals surface area contributed by atoms with Gasteiger partial charge in [-0.05, 0) is 63.2 Å². The molecular formula is C26H24O. The van der Waals surface area contributed by atoms with E-state index in [0.717, 1.165) is 12.2 Å². The topological polar surface area (TPSA) is 9.23 Å². The minimum absolute atomic E-state index is 0.883. The lowest BCUT2D eigenvalue weighted by Gasteiger charge is -2.08. The van der Waals surface area contributed by atoms with E-state index in [2.05, 4.69) is 79.7 Å². The third-order valence-corrected chi connectivity index (χ3v) is 5.08. The molecule has 0 aliphatic rings. The Hall–Kier alpha value is -3.06. The monoisotopic (exact) mass is 352 g/mol. The number of benzene rings is 4. The maximum atomic E-state index is 5.24. The van der Waals surface area contributed by atoms with Crippen molar-refractivity contribution in [3.63, 3.8) is 0 Å². The van der Waals surface area contributed by atoms with Crippen molar-refractivity contribution in [2.75, 3.05) is 7.11 Å². The summed E-state index contributed by atoms with van der Waals surface area (Å²) in [5.41, 5.74) is 6.33. The van der Waals surface area contributed by atoms with Crippen LogP contribution in [0.15, 0.2) is 84.9 Å². The largest absolute Gasteiger partial charge is 0.497 e. The predicted molar refractivity (Wildman–Crippen MR) is 115 cm³/mol. The van der Waals surface area contributed by atoms with E-state index in [4.69, 9.17) is 4.74 Å². The molecule has 0 unspecified atom stereocenters. The highest BCUT2D eigenvalue weighted by Gasteiger charge is 2.03. The van der Waals surface area contributed by atoms with E-state index in [1.807, 2.05) is 12.1 Å². The highest BCUT2D eigenvalue weighted by atomic mass is 16.5. The maximum Gasteiger partial charge on any atom is 0.118 e. The smallest absolute Gasteiger partial charge is 0.118 e. The van der Waals surface area contributed by atoms with Crippen molar-refractivity contribution in [1.82, 2.24) is 0 Å². The van der Waals surface area contributed by atoms with Gasteiger partial charge >= 0.3 is 0 Å². The van der Waals surface area contributed by atoms with Gasteiger partial charge in [0.15, 0.2) is 0 Å². The fourth-order valence-corrected chi connectivity index (χ4v) is 3.56. The molecule has 0 saturated carbocycles. The van der Waals surface area contributed by atoms with Gasteiger partial charge in [-0.15, -0.1) is 0 Å². The van der Waals surface area contributed by atoms with Crippen molar-refractivity contribution in [3.8, 4) is 28.0 Å². The normalized spacial score (nSPS) is 10.9. The second kappa shape index (κ2) is 7.67. The Bertz CT molecular complexity index is 1040. The molecule has 0 atom stereocenters. The van der Waals surface area contributed by atoms with E-state index in [1.54, 1.807) is 7.11 Å². The first-order valence-corrected chi connectivity index (χ1v) is 9.54. The zero-order chi connectivity index (χ0) is 18.6. The van der Waals surface area contributed by atoms with Crippen molar-refractivity contribution < 1.29 is 4.74 Å². The van der Waals surface area contributed by atoms with Crippen molar-refractivity contribution in [1.29, 1.82) is 0 Å². The average molecular weight is 352 g/mol. The molecule has 0 aromatic heterocycles. The van der Waals surface area contributed by atoms with Gasteiger partial charge in [0.25, 0.3) is 0 Å². The van der Waals surface area contributed by atoms with E-state index in [0.29, 0.717) is 0 Å². The number of fused-ring (bicyclic) bond motifs is 1. The maximum absolute atomic E-state index is 5.24. The minimum atomic E-state index is 0.883. The van der Waals surface area contributed by atoms with Gasteiger partial charge in [-0.25, -0.2) is 0 Å². The van der Waals surface area contributed by atoms with Crippen LogP contribution in [0.2, 0.25) is 0 Å². The van der Waals surface area contributed by atoms with Gasteiger partial charge in [0.1, 0.15) is 5.75 Å². The summed E-state index contributed by atoms with van der Waals surface area (Å²) >= 11 is 0. The van der Waals surface area contributed by atoms with Crippen LogP contribution in [0, 0.1) is 0 Å². The number of aryl methyl sites for hydroxylation is 1. The molecule has 134 valence electrons. The highest BCUT2D eigenvalue weighted by Crippen LogP contribution is 2.28. The van der Waals surface area contributed by atoms with Gasteiger partial charge in [-0.1, -0.05) is 80.1 Å². The molecule has 0 amide bonds. The SMILES string of the molecule is CCCc1ccc2cc(-c3ccc(-c4ccc(OC)cc4)cc3)ccc2c1. The van der Waals surface area contributed by atoms with Gasteiger partial charge in [0.05, 0.1) is 7.11 Å². The van der Waals surface area contributed by atoms with Gasteiger partial charge < -0.3 is 4.74 Å². The fourth-order valence-electron chi connectivity index (χ4n) is 3.56. The molecule has 0 radical (unpaired) electrons. The minimum Gasteiger partial charge on any atom is -0.497 e. The second-order valence-corrected chi connectivity index (χ2v) is 6.95. The van der Waals surface area contributed by atoms with Crippen molar-refractivity contribution >= 4 is 10.8 Å². The fraction of sp³-hybridized carbons (Fsp3) is 0.154. The van der Waals surface area contributed by atoms with Gasteiger partial charge in [-0.2, -0.15) is 0 Å². The van der Waals surface area contributed by atoms with E-state index >= 15 is 0 Å². The summed E-state index contributed by atoms with van der Waals surface area (Å²) in [6, 6.07) is 30.5. The molecule has 0 bridgehead atoms. The summed E-state index contributed by atoms with van der Waals surface area (Å²) in [6.07, 6.45) is 2.33. The quantitative estimate of drug-likeness (QED) is 0.371. The zero-order valence-corrected chi connectivity index (χ0v) is 15.9. The van der Waals surface area contributed by atoms with Crippen LogP contribution in [-0.2, 0) is 6.42 Å². The second-order valence-electron chi connectivity index (χ2n) is 6.95. The molecule has 27 heavy (non-hydrogen) atoms. The molecular weight excluding hydrogens is 328 g/mol. The first-order chi connectivity index (χ1) is 13.3. The zero-order valence-electron chi connectivity index (χ0n) is 15.9. The van der Waals surface area contributed by atoms with Crippen molar-refractivity contribution in [2.24, 2.45) is 0 Å². The van der Waals surface area contributed by atoms with Crippen molar-refractivity contribution in [2.45, 2.75) is 19.8 Å². The molecule has 4 aromatic carbocycles. The Balaban J connectivity index is 1.61. The van der Waals surface area contributed by atoms with Gasteiger partial charge in [-0.3, -0.25) is 0 Å². The van der Waals surface area contributed by atoms with Crippen molar-refractivity contribution in [3.05, 3.63) is 90.5 Å². The highest BCUT2D eigenvalue weighted by molar-refractivity contribution is 5.88. The molecule has 0 aliphatic heterocycles. The number of rotatable bonds is 5. The Labute approximate surface area is 161 Å². The molecule has 0 heterocycles. The first kappa shape index (κ1) is 17.4. The molecule has 1 nitrogen and oxygen atoms in total. The molecule has 1 heteroatoms. The van der Waals surface area contributed by atoms with Crippen LogP contribution in [0.3, 0.4) is 0 Å². The summed E-state index contributed by atoms with van der Waals surface area (Å²) in [5.74, 6) is 0.883. The van der Waals surface area contributed by atoms with Crippen LogP contribution in [0.5, 0.6) is 5.75 Å². The molecule has 0 saturated heterocycles. The Morgan fingerprint density at radius 2 is 1.11 bits per heavy atom.